The standard InChI is InChI=1S/C24H23Cl2N3O6S3.Na.H/c1-2-22(29-11-13-35-14-12-29)37(31,32)18-6-4-17(5-7-18)27-24(30)19-15-16(25)3-8-20(19)28-38(33,34)23-10-9-21(26)36-23;;/h2-10,15,22,28H,1,11-14H2,(H,27,30);;/q;+1;-1. The maximum absolute atomic E-state index is 13.2. The molecule has 0 aliphatic carbocycles. The molecule has 0 saturated carbocycles. The molecule has 204 valence electrons. The average Bonchev–Trinajstić information content (AvgIpc) is 3.33. The number of halogens is 2. The van der Waals surface area contributed by atoms with Gasteiger partial charge in [-0.05, 0) is 54.6 Å². The molecule has 1 aromatic heterocycles. The molecule has 2 heterocycles. The van der Waals surface area contributed by atoms with Gasteiger partial charge in [-0.3, -0.25) is 14.4 Å². The molecule has 4 rings (SSSR count). The van der Waals surface area contributed by atoms with Crippen molar-refractivity contribution in [1.82, 2.24) is 4.90 Å². The molecule has 9 nitrogen and oxygen atoms in total. The van der Waals surface area contributed by atoms with Gasteiger partial charge in [0.2, 0.25) is 0 Å². The van der Waals surface area contributed by atoms with Crippen LogP contribution in [0.25, 0.3) is 0 Å². The fraction of sp³-hybridized carbons (Fsp3) is 0.208. The number of ether oxygens (including phenoxy) is 1. The topological polar surface area (TPSA) is 122 Å². The molecule has 1 amide bonds. The molecule has 1 saturated heterocycles. The molecule has 1 aliphatic rings. The molecular weight excluding hydrogens is 616 g/mol. The van der Waals surface area contributed by atoms with E-state index in [0.29, 0.717) is 36.3 Å². The van der Waals surface area contributed by atoms with E-state index in [0.717, 1.165) is 11.3 Å². The quantitative estimate of drug-likeness (QED) is 0.271. The minimum Gasteiger partial charge on any atom is -1.00 e. The third-order valence-electron chi connectivity index (χ3n) is 5.65. The van der Waals surface area contributed by atoms with E-state index in [-0.39, 0.29) is 56.4 Å². The molecule has 39 heavy (non-hydrogen) atoms. The van der Waals surface area contributed by atoms with Gasteiger partial charge in [-0.25, -0.2) is 16.8 Å². The van der Waals surface area contributed by atoms with Crippen LogP contribution in [0.4, 0.5) is 11.4 Å². The van der Waals surface area contributed by atoms with E-state index in [1.54, 1.807) is 4.90 Å². The maximum atomic E-state index is 13.2. The van der Waals surface area contributed by atoms with Gasteiger partial charge in [0, 0.05) is 23.8 Å². The number of sulfonamides is 1. The number of anilines is 2. The number of hydrogen-bond acceptors (Lipinski definition) is 8. The summed E-state index contributed by atoms with van der Waals surface area (Å²) in [6, 6.07) is 12.6. The van der Waals surface area contributed by atoms with Crippen molar-refractivity contribution >= 4 is 71.7 Å². The first-order valence-electron chi connectivity index (χ1n) is 11.2. The van der Waals surface area contributed by atoms with Gasteiger partial charge in [0.15, 0.2) is 9.84 Å². The van der Waals surface area contributed by atoms with Gasteiger partial charge < -0.3 is 11.5 Å². The van der Waals surface area contributed by atoms with Crippen LogP contribution >= 0.6 is 34.5 Å². The Kier molecular flexibility index (Phi) is 11.1. The third kappa shape index (κ3) is 7.64. The molecule has 0 bridgehead atoms. The maximum Gasteiger partial charge on any atom is 1.00 e. The number of carbonyl (C=O) groups excluding carboxylic acids is 1. The first kappa shape index (κ1) is 32.1. The summed E-state index contributed by atoms with van der Waals surface area (Å²) in [7, 11) is -7.77. The Balaban J connectivity index is 0.00000280. The minimum atomic E-state index is -4.00. The van der Waals surface area contributed by atoms with E-state index in [9.17, 15) is 21.6 Å². The van der Waals surface area contributed by atoms with Gasteiger partial charge >= 0.3 is 29.6 Å². The summed E-state index contributed by atoms with van der Waals surface area (Å²) in [6.07, 6.45) is 1.39. The Bertz CT molecular complexity index is 1560. The second kappa shape index (κ2) is 13.5. The number of sulfone groups is 1. The van der Waals surface area contributed by atoms with Crippen LogP contribution in [0.1, 0.15) is 11.8 Å². The third-order valence-corrected chi connectivity index (χ3v) is 11.0. The van der Waals surface area contributed by atoms with Crippen LogP contribution in [0.15, 0.2) is 76.4 Å². The SMILES string of the molecule is C=CC(N1CCOCC1)S(=O)(=O)c1ccc(NC(=O)c2cc(Cl)ccc2NS(=O)(=O)c2ccc(Cl)s2)cc1.[H-].[Na+]. The molecule has 2 aromatic carbocycles. The number of carbonyl (C=O) groups is 1. The van der Waals surface area contributed by atoms with Gasteiger partial charge in [0.05, 0.1) is 33.7 Å². The number of morpholine rings is 1. The van der Waals surface area contributed by atoms with Crippen LogP contribution in [0.2, 0.25) is 9.36 Å². The first-order valence-corrected chi connectivity index (χ1v) is 15.8. The fourth-order valence-electron chi connectivity index (χ4n) is 3.80. The Labute approximate surface area is 264 Å². The predicted octanol–water partition coefficient (Wildman–Crippen LogP) is 1.84. The Hall–Kier alpha value is -1.45. The average molecular weight is 641 g/mol. The summed E-state index contributed by atoms with van der Waals surface area (Å²) in [4.78, 5) is 14.9. The number of rotatable bonds is 9. The van der Waals surface area contributed by atoms with E-state index in [1.165, 1.54) is 60.7 Å². The smallest absolute Gasteiger partial charge is 1.00 e. The molecule has 2 N–H and O–H groups in total. The zero-order chi connectivity index (χ0) is 27.5. The molecule has 1 unspecified atom stereocenters. The minimum absolute atomic E-state index is 0. The Morgan fingerprint density at radius 3 is 2.31 bits per heavy atom. The van der Waals surface area contributed by atoms with Crippen molar-refractivity contribution < 1.29 is 57.4 Å². The molecule has 15 heteroatoms. The molecule has 1 atom stereocenters. The molecule has 0 radical (unpaired) electrons. The van der Waals surface area contributed by atoms with Crippen molar-refractivity contribution in [2.75, 3.05) is 36.3 Å². The van der Waals surface area contributed by atoms with Gasteiger partial charge in [0.1, 0.15) is 9.58 Å². The van der Waals surface area contributed by atoms with Crippen molar-refractivity contribution in [3.05, 3.63) is 82.2 Å². The summed E-state index contributed by atoms with van der Waals surface area (Å²) >= 11 is 12.8. The first-order chi connectivity index (χ1) is 18.0. The summed E-state index contributed by atoms with van der Waals surface area (Å²) in [5.74, 6) is -0.651. The van der Waals surface area contributed by atoms with Crippen LogP contribution in [0.3, 0.4) is 0 Å². The van der Waals surface area contributed by atoms with Crippen molar-refractivity contribution in [2.24, 2.45) is 0 Å². The monoisotopic (exact) mass is 639 g/mol. The van der Waals surface area contributed by atoms with E-state index < -0.39 is 31.1 Å². The predicted molar refractivity (Wildman–Crippen MR) is 151 cm³/mol. The summed E-state index contributed by atoms with van der Waals surface area (Å²) in [5.41, 5.74) is 0.281. The van der Waals surface area contributed by atoms with E-state index in [4.69, 9.17) is 27.9 Å². The van der Waals surface area contributed by atoms with Gasteiger partial charge in [-0.1, -0.05) is 29.3 Å². The number of thiophene rings is 1. The molecule has 3 aromatic rings. The van der Waals surface area contributed by atoms with E-state index >= 15 is 0 Å². The molecule has 0 spiro atoms. The molecule has 1 aliphatic heterocycles. The van der Waals surface area contributed by atoms with Gasteiger partial charge in [-0.2, -0.15) is 0 Å². The van der Waals surface area contributed by atoms with Gasteiger partial charge in [-0.15, -0.1) is 17.9 Å². The van der Waals surface area contributed by atoms with Crippen LogP contribution in [0.5, 0.6) is 0 Å². The molecular formula is C24H24Cl2N3NaO6S3. The van der Waals surface area contributed by atoms with E-state index in [1.807, 2.05) is 0 Å². The summed E-state index contributed by atoms with van der Waals surface area (Å²) in [6.45, 7) is 5.51. The second-order valence-corrected chi connectivity index (χ2v) is 14.3. The van der Waals surface area contributed by atoms with Crippen LogP contribution in [0, 0.1) is 0 Å². The normalized spacial score (nSPS) is 15.1. The zero-order valence-electron chi connectivity index (χ0n) is 21.8. The van der Waals surface area contributed by atoms with Crippen LogP contribution in [-0.4, -0.2) is 59.3 Å². The van der Waals surface area contributed by atoms with Crippen molar-refractivity contribution in [2.45, 2.75) is 14.5 Å². The zero-order valence-corrected chi connectivity index (χ0v) is 26.7. The van der Waals surface area contributed by atoms with Crippen LogP contribution < -0.4 is 39.6 Å². The number of nitrogens with one attached hydrogen (secondary N) is 2. The fourth-order valence-corrected chi connectivity index (χ4v) is 8.19. The summed E-state index contributed by atoms with van der Waals surface area (Å²) in [5, 5.41) is 1.96. The largest absolute Gasteiger partial charge is 1.00 e. The van der Waals surface area contributed by atoms with Crippen molar-refractivity contribution in [3.8, 4) is 0 Å². The second-order valence-electron chi connectivity index (χ2n) is 8.15. The van der Waals surface area contributed by atoms with E-state index in [2.05, 4.69) is 16.6 Å². The van der Waals surface area contributed by atoms with Crippen molar-refractivity contribution in [3.63, 3.8) is 0 Å². The Morgan fingerprint density at radius 2 is 1.72 bits per heavy atom. The van der Waals surface area contributed by atoms with Crippen molar-refractivity contribution in [1.29, 1.82) is 0 Å². The van der Waals surface area contributed by atoms with Crippen LogP contribution in [-0.2, 0) is 24.6 Å². The summed E-state index contributed by atoms with van der Waals surface area (Å²) < 4.78 is 59.9. The van der Waals surface area contributed by atoms with Gasteiger partial charge in [0.25, 0.3) is 15.9 Å². The number of benzene rings is 2. The number of amides is 1. The molecule has 1 fully saturated rings. The number of hydrogen-bond donors (Lipinski definition) is 2. The Morgan fingerprint density at radius 1 is 1.05 bits per heavy atom. The number of nitrogens with zero attached hydrogens (tertiary/aromatic N) is 1.